The van der Waals surface area contributed by atoms with Gasteiger partial charge in [-0.05, 0) is 12.1 Å². The Hall–Kier alpha value is -1.98. The van der Waals surface area contributed by atoms with Crippen LogP contribution in [0.15, 0.2) is 18.2 Å². The van der Waals surface area contributed by atoms with Gasteiger partial charge in [-0.15, -0.1) is 0 Å². The minimum Gasteiger partial charge on any atom is -0.481 e. The van der Waals surface area contributed by atoms with E-state index in [2.05, 4.69) is 5.32 Å². The maximum atomic E-state index is 13.0. The Morgan fingerprint density at radius 3 is 2.56 bits per heavy atom. The molecule has 0 fully saturated rings. The fourth-order valence-electron chi connectivity index (χ4n) is 1.03. The van der Waals surface area contributed by atoms with Crippen molar-refractivity contribution in [2.24, 2.45) is 0 Å². The van der Waals surface area contributed by atoms with Crippen molar-refractivity contribution in [3.63, 3.8) is 0 Å². The summed E-state index contributed by atoms with van der Waals surface area (Å²) < 4.78 is 25.7. The maximum absolute atomic E-state index is 13.0. The largest absolute Gasteiger partial charge is 0.481 e. The first-order chi connectivity index (χ1) is 7.49. The Morgan fingerprint density at radius 1 is 1.25 bits per heavy atom. The third-order valence-corrected chi connectivity index (χ3v) is 1.77. The van der Waals surface area contributed by atoms with Crippen LogP contribution >= 0.6 is 0 Å². The molecule has 16 heavy (non-hydrogen) atoms. The number of carbonyl (C=O) groups excluding carboxylic acids is 1. The number of halogens is 2. The van der Waals surface area contributed by atoms with Crippen molar-refractivity contribution in [2.45, 2.75) is 12.8 Å². The summed E-state index contributed by atoms with van der Waals surface area (Å²) in [6.07, 6.45) is -0.645. The topological polar surface area (TPSA) is 66.4 Å². The Bertz CT molecular complexity index is 421. The summed E-state index contributed by atoms with van der Waals surface area (Å²) in [4.78, 5) is 21.3. The average molecular weight is 229 g/mol. The third kappa shape index (κ3) is 3.64. The highest BCUT2D eigenvalue weighted by molar-refractivity contribution is 5.92. The molecule has 6 heteroatoms. The van der Waals surface area contributed by atoms with E-state index in [4.69, 9.17) is 5.11 Å². The van der Waals surface area contributed by atoms with Crippen LogP contribution in [0.5, 0.6) is 0 Å². The highest BCUT2D eigenvalue weighted by Gasteiger charge is 2.09. The fraction of sp³-hybridized carbons (Fsp3) is 0.200. The van der Waals surface area contributed by atoms with Gasteiger partial charge in [-0.3, -0.25) is 9.59 Å². The zero-order valence-corrected chi connectivity index (χ0v) is 8.17. The second kappa shape index (κ2) is 5.20. The number of amides is 1. The first-order valence-corrected chi connectivity index (χ1v) is 4.45. The summed E-state index contributed by atoms with van der Waals surface area (Å²) in [5, 5.41) is 10.4. The van der Waals surface area contributed by atoms with Gasteiger partial charge in [0.05, 0.1) is 12.1 Å². The lowest BCUT2D eigenvalue weighted by atomic mass is 10.2. The van der Waals surface area contributed by atoms with Crippen molar-refractivity contribution in [2.75, 3.05) is 5.32 Å². The van der Waals surface area contributed by atoms with Crippen LogP contribution in [0.3, 0.4) is 0 Å². The van der Waals surface area contributed by atoms with Crippen LogP contribution in [0.4, 0.5) is 14.5 Å². The lowest BCUT2D eigenvalue weighted by Crippen LogP contribution is -2.14. The number of aliphatic carboxylic acids is 1. The molecule has 0 spiro atoms. The molecule has 2 N–H and O–H groups in total. The fourth-order valence-corrected chi connectivity index (χ4v) is 1.03. The summed E-state index contributed by atoms with van der Waals surface area (Å²) in [5.74, 6) is -3.26. The number of rotatable bonds is 4. The van der Waals surface area contributed by atoms with Crippen LogP contribution in [0, 0.1) is 11.6 Å². The Labute approximate surface area is 89.9 Å². The minimum absolute atomic E-state index is 0.286. The Kier molecular flexibility index (Phi) is 3.93. The normalized spacial score (nSPS) is 9.88. The molecule has 1 aromatic rings. The van der Waals surface area contributed by atoms with Crippen LogP contribution in [0.1, 0.15) is 12.8 Å². The molecule has 0 saturated heterocycles. The number of hydrogen-bond acceptors (Lipinski definition) is 2. The maximum Gasteiger partial charge on any atom is 0.303 e. The van der Waals surface area contributed by atoms with Crippen LogP contribution in [-0.2, 0) is 9.59 Å². The van der Waals surface area contributed by atoms with E-state index >= 15 is 0 Å². The molecule has 0 heterocycles. The molecule has 1 amide bonds. The van der Waals surface area contributed by atoms with E-state index in [1.165, 1.54) is 0 Å². The Morgan fingerprint density at radius 2 is 1.94 bits per heavy atom. The smallest absolute Gasteiger partial charge is 0.303 e. The number of anilines is 1. The number of carboxylic acids is 1. The third-order valence-electron chi connectivity index (χ3n) is 1.77. The predicted molar refractivity (Wildman–Crippen MR) is 51.9 cm³/mol. The molecule has 1 aromatic carbocycles. The van der Waals surface area contributed by atoms with Crippen LogP contribution in [0.2, 0.25) is 0 Å². The van der Waals surface area contributed by atoms with Gasteiger partial charge in [0.1, 0.15) is 11.6 Å². The lowest BCUT2D eigenvalue weighted by molar-refractivity contribution is -0.138. The molecule has 1 rings (SSSR count). The second-order valence-corrected chi connectivity index (χ2v) is 3.07. The summed E-state index contributed by atoms with van der Waals surface area (Å²) in [7, 11) is 0. The summed E-state index contributed by atoms with van der Waals surface area (Å²) >= 11 is 0. The van der Waals surface area contributed by atoms with E-state index in [9.17, 15) is 18.4 Å². The van der Waals surface area contributed by atoms with Gasteiger partial charge < -0.3 is 10.4 Å². The van der Waals surface area contributed by atoms with E-state index in [-0.39, 0.29) is 18.5 Å². The van der Waals surface area contributed by atoms with Crippen molar-refractivity contribution in [1.82, 2.24) is 0 Å². The van der Waals surface area contributed by atoms with Crippen molar-refractivity contribution >= 4 is 17.6 Å². The molecular weight excluding hydrogens is 220 g/mol. The molecule has 0 aromatic heterocycles. The van der Waals surface area contributed by atoms with E-state index < -0.39 is 23.5 Å². The standard InChI is InChI=1S/C10H9F2NO3/c11-6-1-2-7(12)8(5-6)13-9(14)3-4-10(15)16/h1-2,5H,3-4H2,(H,13,14)(H,15,16). The summed E-state index contributed by atoms with van der Waals surface area (Å²) in [6.45, 7) is 0. The molecule has 0 radical (unpaired) electrons. The van der Waals surface area contributed by atoms with Gasteiger partial charge in [-0.25, -0.2) is 8.78 Å². The second-order valence-electron chi connectivity index (χ2n) is 3.07. The average Bonchev–Trinajstić information content (AvgIpc) is 2.20. The van der Waals surface area contributed by atoms with Gasteiger partial charge in [0.25, 0.3) is 0 Å². The quantitative estimate of drug-likeness (QED) is 0.826. The molecule has 0 bridgehead atoms. The zero-order valence-electron chi connectivity index (χ0n) is 8.17. The first kappa shape index (κ1) is 12.1. The lowest BCUT2D eigenvalue weighted by Gasteiger charge is -2.05. The summed E-state index contributed by atoms with van der Waals surface area (Å²) in [6, 6.07) is 2.62. The first-order valence-electron chi connectivity index (χ1n) is 4.45. The van der Waals surface area contributed by atoms with E-state index in [1.54, 1.807) is 0 Å². The van der Waals surface area contributed by atoms with Crippen LogP contribution in [0.25, 0.3) is 0 Å². The van der Waals surface area contributed by atoms with Crippen molar-refractivity contribution in [1.29, 1.82) is 0 Å². The molecule has 0 unspecified atom stereocenters. The van der Waals surface area contributed by atoms with Gasteiger partial charge in [0.2, 0.25) is 5.91 Å². The Balaban J connectivity index is 2.62. The van der Waals surface area contributed by atoms with Crippen LogP contribution < -0.4 is 5.32 Å². The van der Waals surface area contributed by atoms with E-state index in [0.717, 1.165) is 18.2 Å². The molecule has 0 aliphatic carbocycles. The van der Waals surface area contributed by atoms with Crippen molar-refractivity contribution in [3.8, 4) is 0 Å². The van der Waals surface area contributed by atoms with Crippen molar-refractivity contribution < 1.29 is 23.5 Å². The van der Waals surface area contributed by atoms with E-state index in [1.807, 2.05) is 0 Å². The molecule has 0 aliphatic heterocycles. The SMILES string of the molecule is O=C(O)CCC(=O)Nc1cc(F)ccc1F. The molecular formula is C10H9F2NO3. The van der Waals surface area contributed by atoms with Crippen LogP contribution in [-0.4, -0.2) is 17.0 Å². The highest BCUT2D eigenvalue weighted by Crippen LogP contribution is 2.15. The number of benzene rings is 1. The number of hydrogen-bond donors (Lipinski definition) is 2. The highest BCUT2D eigenvalue weighted by atomic mass is 19.1. The van der Waals surface area contributed by atoms with Crippen molar-refractivity contribution in [3.05, 3.63) is 29.8 Å². The predicted octanol–water partition coefficient (Wildman–Crippen LogP) is 1.77. The van der Waals surface area contributed by atoms with E-state index in [0.29, 0.717) is 0 Å². The summed E-state index contributed by atoms with van der Waals surface area (Å²) in [5.41, 5.74) is -0.296. The molecule has 0 aliphatic rings. The van der Waals surface area contributed by atoms with Gasteiger partial charge in [0, 0.05) is 12.5 Å². The van der Waals surface area contributed by atoms with Gasteiger partial charge >= 0.3 is 5.97 Å². The molecule has 86 valence electrons. The zero-order chi connectivity index (χ0) is 12.1. The molecule has 0 atom stereocenters. The molecule has 0 saturated carbocycles. The number of nitrogens with one attached hydrogen (secondary N) is 1. The van der Waals surface area contributed by atoms with Gasteiger partial charge in [0.15, 0.2) is 0 Å². The minimum atomic E-state index is -1.13. The molecule has 4 nitrogen and oxygen atoms in total. The number of carboxylic acid groups (broad SMARTS) is 1. The number of carbonyl (C=O) groups is 2. The van der Waals surface area contributed by atoms with Gasteiger partial charge in [-0.2, -0.15) is 0 Å². The van der Waals surface area contributed by atoms with Gasteiger partial charge in [-0.1, -0.05) is 0 Å². The monoisotopic (exact) mass is 229 g/mol.